The lowest BCUT2D eigenvalue weighted by Gasteiger charge is -2.07. The number of hydrogen-bond acceptors (Lipinski definition) is 0. The molecule has 0 radical (unpaired) electrons. The van der Waals surface area contributed by atoms with E-state index in [0.29, 0.717) is 11.8 Å². The first kappa shape index (κ1) is 8.40. The number of hydrogen-bond donors (Lipinski definition) is 0. The van der Waals surface area contributed by atoms with Gasteiger partial charge in [0.1, 0.15) is 0 Å². The molecule has 1 rings (SSSR count). The Morgan fingerprint density at radius 1 is 1.55 bits per heavy atom. The molecule has 0 aromatic carbocycles. The minimum atomic E-state index is 0.618. The minimum Gasteiger partial charge on any atom is -0.103 e. The normalized spacial score (nSPS) is 29.2. The summed E-state index contributed by atoms with van der Waals surface area (Å²) < 4.78 is 0. The SMILES string of the molecule is C=C[C@H]1CCC[C@H]1C#CCC. The third-order valence-electron chi connectivity index (χ3n) is 2.34. The van der Waals surface area contributed by atoms with Crippen LogP contribution in [0.5, 0.6) is 0 Å². The van der Waals surface area contributed by atoms with Crippen LogP contribution in [0.25, 0.3) is 0 Å². The summed E-state index contributed by atoms with van der Waals surface area (Å²) in [6.07, 6.45) is 6.97. The van der Waals surface area contributed by atoms with Gasteiger partial charge in [0.15, 0.2) is 0 Å². The molecule has 0 unspecified atom stereocenters. The fourth-order valence-electron chi connectivity index (χ4n) is 1.68. The smallest absolute Gasteiger partial charge is 0.0265 e. The minimum absolute atomic E-state index is 0.618. The predicted molar refractivity (Wildman–Crippen MR) is 49.1 cm³/mol. The van der Waals surface area contributed by atoms with Crippen LogP contribution in [0, 0.1) is 23.7 Å². The van der Waals surface area contributed by atoms with Gasteiger partial charge in [-0.3, -0.25) is 0 Å². The highest BCUT2D eigenvalue weighted by molar-refractivity contribution is 5.09. The standard InChI is InChI=1S/C11H16/c1-3-5-7-11-9-6-8-10(11)4-2/h4,10-11H,2-3,6,8-9H2,1H3/t10-,11+/m0/s1. The maximum absolute atomic E-state index is 3.83. The first-order valence-electron chi connectivity index (χ1n) is 4.49. The second kappa shape index (κ2) is 4.23. The molecule has 2 atom stereocenters. The van der Waals surface area contributed by atoms with E-state index in [9.17, 15) is 0 Å². The molecule has 0 aromatic heterocycles. The van der Waals surface area contributed by atoms with Crippen LogP contribution in [0.1, 0.15) is 32.6 Å². The molecule has 0 spiro atoms. The summed E-state index contributed by atoms with van der Waals surface area (Å²) in [7, 11) is 0. The Labute approximate surface area is 69.7 Å². The summed E-state index contributed by atoms with van der Waals surface area (Å²) in [5.74, 6) is 7.76. The van der Waals surface area contributed by atoms with Crippen molar-refractivity contribution >= 4 is 0 Å². The van der Waals surface area contributed by atoms with Gasteiger partial charge in [-0.25, -0.2) is 0 Å². The van der Waals surface area contributed by atoms with Crippen LogP contribution in [0.3, 0.4) is 0 Å². The Bertz CT molecular complexity index is 180. The summed E-state index contributed by atoms with van der Waals surface area (Å²) >= 11 is 0. The van der Waals surface area contributed by atoms with Crippen molar-refractivity contribution in [2.24, 2.45) is 11.8 Å². The van der Waals surface area contributed by atoms with Crippen LogP contribution in [-0.4, -0.2) is 0 Å². The first-order chi connectivity index (χ1) is 5.38. The van der Waals surface area contributed by atoms with Crippen LogP contribution < -0.4 is 0 Å². The monoisotopic (exact) mass is 148 g/mol. The molecule has 1 aliphatic carbocycles. The third kappa shape index (κ3) is 2.12. The van der Waals surface area contributed by atoms with Crippen molar-refractivity contribution in [1.29, 1.82) is 0 Å². The van der Waals surface area contributed by atoms with E-state index >= 15 is 0 Å². The molecule has 1 saturated carbocycles. The maximum atomic E-state index is 3.83. The van der Waals surface area contributed by atoms with Gasteiger partial charge in [0.2, 0.25) is 0 Å². The van der Waals surface area contributed by atoms with Crippen LogP contribution in [0.2, 0.25) is 0 Å². The maximum Gasteiger partial charge on any atom is 0.0265 e. The van der Waals surface area contributed by atoms with Gasteiger partial charge < -0.3 is 0 Å². The van der Waals surface area contributed by atoms with E-state index < -0.39 is 0 Å². The van der Waals surface area contributed by atoms with Gasteiger partial charge >= 0.3 is 0 Å². The topological polar surface area (TPSA) is 0 Å². The van der Waals surface area contributed by atoms with Crippen molar-refractivity contribution < 1.29 is 0 Å². The summed E-state index contributed by atoms with van der Waals surface area (Å²) in [6.45, 7) is 5.94. The van der Waals surface area contributed by atoms with E-state index in [1.54, 1.807) is 0 Å². The highest BCUT2D eigenvalue weighted by Crippen LogP contribution is 2.31. The molecule has 1 fully saturated rings. The summed E-state index contributed by atoms with van der Waals surface area (Å²) in [5.41, 5.74) is 0. The molecule has 0 heteroatoms. The summed E-state index contributed by atoms with van der Waals surface area (Å²) in [4.78, 5) is 0. The Balaban J connectivity index is 2.49. The van der Waals surface area contributed by atoms with E-state index in [1.807, 2.05) is 0 Å². The molecule has 11 heavy (non-hydrogen) atoms. The van der Waals surface area contributed by atoms with Crippen molar-refractivity contribution in [3.8, 4) is 11.8 Å². The lowest BCUT2D eigenvalue weighted by atomic mass is 9.97. The molecule has 0 aliphatic heterocycles. The summed E-state index contributed by atoms with van der Waals surface area (Å²) in [5, 5.41) is 0. The van der Waals surface area contributed by atoms with E-state index in [1.165, 1.54) is 19.3 Å². The first-order valence-corrected chi connectivity index (χ1v) is 4.49. The average Bonchev–Trinajstić information content (AvgIpc) is 2.47. The molecule has 0 saturated heterocycles. The van der Waals surface area contributed by atoms with Crippen LogP contribution in [-0.2, 0) is 0 Å². The Kier molecular flexibility index (Phi) is 3.23. The van der Waals surface area contributed by atoms with E-state index in [2.05, 4.69) is 31.4 Å². The van der Waals surface area contributed by atoms with Crippen molar-refractivity contribution in [3.05, 3.63) is 12.7 Å². The lowest BCUT2D eigenvalue weighted by Crippen LogP contribution is -2.01. The predicted octanol–water partition coefficient (Wildman–Crippen LogP) is 3.00. The van der Waals surface area contributed by atoms with Crippen LogP contribution in [0.15, 0.2) is 12.7 Å². The highest BCUT2D eigenvalue weighted by atomic mass is 14.3. The van der Waals surface area contributed by atoms with E-state index in [4.69, 9.17) is 0 Å². The van der Waals surface area contributed by atoms with Crippen molar-refractivity contribution in [2.45, 2.75) is 32.6 Å². The van der Waals surface area contributed by atoms with Crippen molar-refractivity contribution in [3.63, 3.8) is 0 Å². The second-order valence-electron chi connectivity index (χ2n) is 3.11. The molecule has 0 heterocycles. The fraction of sp³-hybridized carbons (Fsp3) is 0.636. The van der Waals surface area contributed by atoms with Crippen molar-refractivity contribution in [1.82, 2.24) is 0 Å². The van der Waals surface area contributed by atoms with Gasteiger partial charge in [-0.1, -0.05) is 25.3 Å². The Hall–Kier alpha value is -0.700. The van der Waals surface area contributed by atoms with Gasteiger partial charge in [0.05, 0.1) is 0 Å². The Morgan fingerprint density at radius 2 is 2.36 bits per heavy atom. The zero-order valence-corrected chi connectivity index (χ0v) is 7.27. The van der Waals surface area contributed by atoms with Crippen LogP contribution in [0.4, 0.5) is 0 Å². The molecule has 0 N–H and O–H groups in total. The van der Waals surface area contributed by atoms with Gasteiger partial charge in [-0.15, -0.1) is 12.5 Å². The van der Waals surface area contributed by atoms with Gasteiger partial charge in [0, 0.05) is 12.3 Å². The molecule has 0 nitrogen and oxygen atoms in total. The molecular formula is C11H16. The summed E-state index contributed by atoms with van der Waals surface area (Å²) in [6, 6.07) is 0. The van der Waals surface area contributed by atoms with E-state index in [0.717, 1.165) is 6.42 Å². The number of rotatable bonds is 1. The second-order valence-corrected chi connectivity index (χ2v) is 3.11. The molecular weight excluding hydrogens is 132 g/mol. The lowest BCUT2D eigenvalue weighted by molar-refractivity contribution is 0.577. The van der Waals surface area contributed by atoms with Crippen molar-refractivity contribution in [2.75, 3.05) is 0 Å². The van der Waals surface area contributed by atoms with Gasteiger partial charge in [-0.2, -0.15) is 0 Å². The molecule has 0 aromatic rings. The molecule has 0 amide bonds. The molecule has 60 valence electrons. The quantitative estimate of drug-likeness (QED) is 0.396. The zero-order valence-electron chi connectivity index (χ0n) is 7.27. The molecule has 0 bridgehead atoms. The largest absolute Gasteiger partial charge is 0.103 e. The molecule has 1 aliphatic rings. The highest BCUT2D eigenvalue weighted by Gasteiger charge is 2.22. The fourth-order valence-corrected chi connectivity index (χ4v) is 1.68. The number of allylic oxidation sites excluding steroid dienone is 1. The Morgan fingerprint density at radius 3 is 3.00 bits per heavy atom. The van der Waals surface area contributed by atoms with Crippen LogP contribution >= 0.6 is 0 Å². The third-order valence-corrected chi connectivity index (χ3v) is 2.34. The van der Waals surface area contributed by atoms with Gasteiger partial charge in [-0.05, 0) is 18.8 Å². The van der Waals surface area contributed by atoms with E-state index in [-0.39, 0.29) is 0 Å². The zero-order chi connectivity index (χ0) is 8.10. The van der Waals surface area contributed by atoms with Gasteiger partial charge in [0.25, 0.3) is 0 Å². The average molecular weight is 148 g/mol.